The Bertz CT molecular complexity index is 922. The number of nitrogens with two attached hydrogens (primary N) is 1. The zero-order valence-corrected chi connectivity index (χ0v) is 17.3. The van der Waals surface area contributed by atoms with Gasteiger partial charge in [-0.25, -0.2) is 0 Å². The number of anilines is 1. The number of nitrogens with one attached hydrogen (secondary N) is 1. The molecule has 1 saturated heterocycles. The molecule has 2 aromatic rings. The van der Waals surface area contributed by atoms with Gasteiger partial charge in [-0.15, -0.1) is 0 Å². The molecule has 0 bridgehead atoms. The van der Waals surface area contributed by atoms with Crippen LogP contribution in [-0.4, -0.2) is 33.3 Å². The van der Waals surface area contributed by atoms with Crippen LogP contribution in [-0.2, 0) is 9.59 Å². The monoisotopic (exact) mass is 436 g/mol. The standard InChI is InChI=1S/C20H22Cl2N4O3/c1-11-2-5-17(12-3-4-15(21)16(22)7-12)26(10-11)20(29)19(28)25-14-6-13(18(23)27)8-24-9-14/h3-4,6-9,11,17-18,27H,2,5,10,23H2,1H3,(H,25,28)/t11-,17+,18?/m1/s1. The molecular weight excluding hydrogens is 415 g/mol. The molecule has 1 aliphatic rings. The van der Waals surface area contributed by atoms with E-state index in [9.17, 15) is 14.7 Å². The van der Waals surface area contributed by atoms with Crippen molar-refractivity contribution in [1.82, 2.24) is 9.88 Å². The van der Waals surface area contributed by atoms with Gasteiger partial charge in [-0.1, -0.05) is 36.2 Å². The van der Waals surface area contributed by atoms with Gasteiger partial charge < -0.3 is 21.1 Å². The highest BCUT2D eigenvalue weighted by molar-refractivity contribution is 6.42. The van der Waals surface area contributed by atoms with Crippen LogP contribution >= 0.6 is 23.2 Å². The Morgan fingerprint density at radius 3 is 2.69 bits per heavy atom. The number of pyridine rings is 1. The first-order valence-corrected chi connectivity index (χ1v) is 9.97. The number of aromatic nitrogens is 1. The van der Waals surface area contributed by atoms with Crippen LogP contribution < -0.4 is 11.1 Å². The van der Waals surface area contributed by atoms with Crippen molar-refractivity contribution in [3.8, 4) is 0 Å². The lowest BCUT2D eigenvalue weighted by molar-refractivity contribution is -0.146. The fourth-order valence-corrected chi connectivity index (χ4v) is 3.75. The van der Waals surface area contributed by atoms with E-state index in [0.29, 0.717) is 28.6 Å². The molecule has 29 heavy (non-hydrogen) atoms. The first-order valence-electron chi connectivity index (χ1n) is 9.21. The van der Waals surface area contributed by atoms with Crippen LogP contribution in [0.4, 0.5) is 5.69 Å². The number of carbonyl (C=O) groups excluding carboxylic acids is 2. The number of benzene rings is 1. The molecule has 1 aromatic carbocycles. The van der Waals surface area contributed by atoms with Gasteiger partial charge in [-0.3, -0.25) is 14.6 Å². The molecule has 0 spiro atoms. The SMILES string of the molecule is C[C@@H]1CC[C@@H](c2ccc(Cl)c(Cl)c2)N(C(=O)C(=O)Nc2cncc(C(N)O)c2)C1. The first-order chi connectivity index (χ1) is 13.8. The predicted molar refractivity (Wildman–Crippen MR) is 111 cm³/mol. The summed E-state index contributed by atoms with van der Waals surface area (Å²) in [5, 5.41) is 12.8. The van der Waals surface area contributed by atoms with Gasteiger partial charge in [0.1, 0.15) is 6.23 Å². The van der Waals surface area contributed by atoms with E-state index in [2.05, 4.69) is 10.3 Å². The number of hydrogen-bond acceptors (Lipinski definition) is 5. The minimum Gasteiger partial charge on any atom is -0.374 e. The van der Waals surface area contributed by atoms with Gasteiger partial charge in [0, 0.05) is 18.3 Å². The van der Waals surface area contributed by atoms with E-state index in [1.807, 2.05) is 13.0 Å². The molecule has 0 aliphatic carbocycles. The number of piperidine rings is 1. The smallest absolute Gasteiger partial charge is 0.313 e. The van der Waals surface area contributed by atoms with Crippen LogP contribution in [0.5, 0.6) is 0 Å². The number of nitrogens with zero attached hydrogens (tertiary/aromatic N) is 2. The molecule has 1 aliphatic heterocycles. The zero-order valence-electron chi connectivity index (χ0n) is 15.8. The summed E-state index contributed by atoms with van der Waals surface area (Å²) >= 11 is 12.2. The van der Waals surface area contributed by atoms with Crippen molar-refractivity contribution in [2.45, 2.75) is 32.0 Å². The van der Waals surface area contributed by atoms with Crippen molar-refractivity contribution >= 4 is 40.7 Å². The predicted octanol–water partition coefficient (Wildman–Crippen LogP) is 3.28. The second-order valence-corrected chi connectivity index (χ2v) is 8.05. The molecule has 2 amide bonds. The number of likely N-dealkylation sites (tertiary alicyclic amines) is 1. The maximum absolute atomic E-state index is 13.0. The summed E-state index contributed by atoms with van der Waals surface area (Å²) in [4.78, 5) is 31.1. The number of halogens is 2. The highest BCUT2D eigenvalue weighted by Gasteiger charge is 2.34. The molecule has 0 radical (unpaired) electrons. The second-order valence-electron chi connectivity index (χ2n) is 7.24. The molecule has 4 N–H and O–H groups in total. The van der Waals surface area contributed by atoms with Crippen molar-refractivity contribution in [3.05, 3.63) is 57.8 Å². The number of aliphatic hydroxyl groups excluding tert-OH is 1. The van der Waals surface area contributed by atoms with Crippen LogP contribution in [0.3, 0.4) is 0 Å². The van der Waals surface area contributed by atoms with Crippen molar-refractivity contribution < 1.29 is 14.7 Å². The maximum Gasteiger partial charge on any atom is 0.313 e. The lowest BCUT2D eigenvalue weighted by Gasteiger charge is -2.38. The third-order valence-electron chi connectivity index (χ3n) is 4.96. The third kappa shape index (κ3) is 5.05. The summed E-state index contributed by atoms with van der Waals surface area (Å²) in [6.07, 6.45) is 3.18. The van der Waals surface area contributed by atoms with Crippen molar-refractivity contribution in [3.63, 3.8) is 0 Å². The second kappa shape index (κ2) is 9.09. The molecule has 0 saturated carbocycles. The van der Waals surface area contributed by atoms with E-state index in [0.717, 1.165) is 12.0 Å². The normalized spacial score (nSPS) is 20.2. The Labute approximate surface area is 178 Å². The Morgan fingerprint density at radius 2 is 2.00 bits per heavy atom. The molecule has 9 heteroatoms. The van der Waals surface area contributed by atoms with Crippen molar-refractivity contribution in [2.75, 3.05) is 11.9 Å². The van der Waals surface area contributed by atoms with Crippen LogP contribution in [0.25, 0.3) is 0 Å². The number of amides is 2. The highest BCUT2D eigenvalue weighted by Crippen LogP contribution is 2.36. The van der Waals surface area contributed by atoms with Crippen LogP contribution in [0, 0.1) is 5.92 Å². The molecule has 154 valence electrons. The molecule has 1 fully saturated rings. The highest BCUT2D eigenvalue weighted by atomic mass is 35.5. The van der Waals surface area contributed by atoms with Crippen LogP contribution in [0.15, 0.2) is 36.7 Å². The summed E-state index contributed by atoms with van der Waals surface area (Å²) < 4.78 is 0. The maximum atomic E-state index is 13.0. The van der Waals surface area contributed by atoms with Gasteiger partial charge in [0.25, 0.3) is 0 Å². The summed E-state index contributed by atoms with van der Waals surface area (Å²) in [5.74, 6) is -1.16. The Morgan fingerprint density at radius 1 is 1.24 bits per heavy atom. The average molecular weight is 437 g/mol. The Kier molecular flexibility index (Phi) is 6.74. The fourth-order valence-electron chi connectivity index (χ4n) is 3.45. The molecule has 1 aromatic heterocycles. The van der Waals surface area contributed by atoms with Crippen molar-refractivity contribution in [1.29, 1.82) is 0 Å². The Hall–Kier alpha value is -2.19. The largest absolute Gasteiger partial charge is 0.374 e. The first kappa shape index (κ1) is 21.5. The van der Waals surface area contributed by atoms with Gasteiger partial charge in [0.2, 0.25) is 0 Å². The van der Waals surface area contributed by atoms with Gasteiger partial charge in [0.15, 0.2) is 0 Å². The van der Waals surface area contributed by atoms with Gasteiger partial charge in [-0.2, -0.15) is 0 Å². The van der Waals surface area contributed by atoms with Gasteiger partial charge in [-0.05, 0) is 42.5 Å². The van der Waals surface area contributed by atoms with E-state index in [1.54, 1.807) is 17.0 Å². The summed E-state index contributed by atoms with van der Waals surface area (Å²) in [6.45, 7) is 2.50. The number of rotatable bonds is 3. The van der Waals surface area contributed by atoms with Crippen molar-refractivity contribution in [2.24, 2.45) is 11.7 Å². The number of aliphatic hydroxyl groups is 1. The van der Waals surface area contributed by atoms with Crippen LogP contribution in [0.2, 0.25) is 10.0 Å². The lowest BCUT2D eigenvalue weighted by atomic mass is 9.90. The minimum atomic E-state index is -1.22. The summed E-state index contributed by atoms with van der Waals surface area (Å²) in [7, 11) is 0. The third-order valence-corrected chi connectivity index (χ3v) is 5.70. The van der Waals surface area contributed by atoms with E-state index >= 15 is 0 Å². The average Bonchev–Trinajstić information content (AvgIpc) is 2.69. The van der Waals surface area contributed by atoms with E-state index in [-0.39, 0.29) is 17.6 Å². The fraction of sp³-hybridized carbons (Fsp3) is 0.350. The molecule has 3 rings (SSSR count). The van der Waals surface area contributed by atoms with Gasteiger partial charge in [0.05, 0.1) is 28.0 Å². The minimum absolute atomic E-state index is 0.267. The van der Waals surface area contributed by atoms with Crippen LogP contribution in [0.1, 0.15) is 43.2 Å². The van der Waals surface area contributed by atoms with E-state index in [4.69, 9.17) is 28.9 Å². The molecule has 1 unspecified atom stereocenters. The quantitative estimate of drug-likeness (QED) is 0.505. The lowest BCUT2D eigenvalue weighted by Crippen LogP contribution is -2.46. The molecule has 7 nitrogen and oxygen atoms in total. The number of carbonyl (C=O) groups is 2. The number of hydrogen-bond donors (Lipinski definition) is 3. The molecule has 2 heterocycles. The van der Waals surface area contributed by atoms with E-state index in [1.165, 1.54) is 18.5 Å². The summed E-state index contributed by atoms with van der Waals surface area (Å²) in [5.41, 5.74) is 6.86. The molecule has 3 atom stereocenters. The topological polar surface area (TPSA) is 109 Å². The molecular formula is C20H22Cl2N4O3. The zero-order chi connectivity index (χ0) is 21.1. The summed E-state index contributed by atoms with van der Waals surface area (Å²) in [6, 6.07) is 6.45. The Balaban J connectivity index is 1.81. The van der Waals surface area contributed by atoms with E-state index < -0.39 is 18.0 Å². The van der Waals surface area contributed by atoms with Gasteiger partial charge >= 0.3 is 11.8 Å².